The van der Waals surface area contributed by atoms with E-state index < -0.39 is 5.60 Å². The molecule has 2 aliphatic rings. The van der Waals surface area contributed by atoms with Crippen LogP contribution in [0.5, 0.6) is 0 Å². The van der Waals surface area contributed by atoms with Gasteiger partial charge >= 0.3 is 6.09 Å². The van der Waals surface area contributed by atoms with Crippen molar-refractivity contribution in [3.8, 4) is 12.3 Å². The number of amides is 1. The molecule has 106 valence electrons. The Morgan fingerprint density at radius 2 is 2.37 bits per heavy atom. The molecule has 2 aliphatic heterocycles. The fourth-order valence-corrected chi connectivity index (χ4v) is 2.46. The first-order valence-electron chi connectivity index (χ1n) is 6.65. The zero-order valence-electron chi connectivity index (χ0n) is 11.9. The molecule has 2 unspecified atom stereocenters. The second-order valence-electron chi connectivity index (χ2n) is 6.16. The van der Waals surface area contributed by atoms with Gasteiger partial charge in [-0.2, -0.15) is 0 Å². The van der Waals surface area contributed by atoms with Crippen LogP contribution in [-0.4, -0.2) is 54.5 Å². The van der Waals surface area contributed by atoms with E-state index in [9.17, 15) is 4.79 Å². The van der Waals surface area contributed by atoms with Crippen LogP contribution in [0, 0.1) is 12.3 Å². The van der Waals surface area contributed by atoms with E-state index in [1.54, 1.807) is 4.90 Å². The van der Waals surface area contributed by atoms with Crippen molar-refractivity contribution in [2.24, 2.45) is 0 Å². The number of hydrogen-bond donors (Lipinski definition) is 1. The van der Waals surface area contributed by atoms with Crippen LogP contribution in [0.15, 0.2) is 0 Å². The van der Waals surface area contributed by atoms with Crippen molar-refractivity contribution < 1.29 is 14.3 Å². The molecule has 2 rings (SSSR count). The van der Waals surface area contributed by atoms with Gasteiger partial charge in [0.15, 0.2) is 0 Å². The number of rotatable bonds is 1. The first kappa shape index (κ1) is 14.2. The molecule has 0 aromatic carbocycles. The van der Waals surface area contributed by atoms with Crippen molar-refractivity contribution in [3.05, 3.63) is 0 Å². The van der Waals surface area contributed by atoms with Gasteiger partial charge in [-0.25, -0.2) is 4.79 Å². The number of morpholine rings is 1. The maximum Gasteiger partial charge on any atom is 0.410 e. The minimum Gasteiger partial charge on any atom is -0.444 e. The second kappa shape index (κ2) is 5.03. The number of nitrogens with zero attached hydrogens (tertiary/aromatic N) is 1. The molecule has 0 bridgehead atoms. The number of terminal acetylenes is 1. The normalized spacial score (nSPS) is 30.6. The lowest BCUT2D eigenvalue weighted by Crippen LogP contribution is -2.75. The fourth-order valence-electron chi connectivity index (χ4n) is 2.46. The van der Waals surface area contributed by atoms with Crippen LogP contribution >= 0.6 is 0 Å². The topological polar surface area (TPSA) is 50.8 Å². The Morgan fingerprint density at radius 3 is 2.89 bits per heavy atom. The molecule has 0 radical (unpaired) electrons. The SMILES string of the molecule is C#CCC1NCC12CN(C(=O)OC(C)(C)C)CCO2. The highest BCUT2D eigenvalue weighted by Crippen LogP contribution is 2.30. The first-order valence-corrected chi connectivity index (χ1v) is 6.65. The quantitative estimate of drug-likeness (QED) is 0.719. The predicted molar refractivity (Wildman–Crippen MR) is 71.7 cm³/mol. The molecule has 2 fully saturated rings. The van der Waals surface area contributed by atoms with E-state index in [0.717, 1.165) is 6.54 Å². The largest absolute Gasteiger partial charge is 0.444 e. The van der Waals surface area contributed by atoms with E-state index in [-0.39, 0.29) is 17.7 Å². The summed E-state index contributed by atoms with van der Waals surface area (Å²) in [7, 11) is 0. The van der Waals surface area contributed by atoms with Gasteiger partial charge < -0.3 is 19.7 Å². The summed E-state index contributed by atoms with van der Waals surface area (Å²) in [5.41, 5.74) is -0.805. The van der Waals surface area contributed by atoms with Crippen LogP contribution in [0.3, 0.4) is 0 Å². The summed E-state index contributed by atoms with van der Waals surface area (Å²) in [5, 5.41) is 3.27. The molecule has 2 saturated heterocycles. The highest BCUT2D eigenvalue weighted by Gasteiger charge is 2.51. The molecule has 1 spiro atoms. The van der Waals surface area contributed by atoms with Crippen LogP contribution in [0.2, 0.25) is 0 Å². The minimum absolute atomic E-state index is 0.128. The molecule has 2 atom stereocenters. The maximum absolute atomic E-state index is 12.1. The third-order valence-corrected chi connectivity index (χ3v) is 3.47. The molecule has 1 amide bonds. The Labute approximate surface area is 114 Å². The van der Waals surface area contributed by atoms with Crippen molar-refractivity contribution in [1.29, 1.82) is 0 Å². The summed E-state index contributed by atoms with van der Waals surface area (Å²) in [6.07, 6.45) is 5.69. The molecule has 0 aromatic rings. The molecular weight excluding hydrogens is 244 g/mol. The summed E-state index contributed by atoms with van der Waals surface area (Å²) in [6, 6.07) is 0.128. The average Bonchev–Trinajstić information content (AvgIpc) is 2.33. The average molecular weight is 266 g/mol. The monoisotopic (exact) mass is 266 g/mol. The van der Waals surface area contributed by atoms with Gasteiger partial charge in [-0.15, -0.1) is 12.3 Å². The second-order valence-corrected chi connectivity index (χ2v) is 6.16. The Balaban J connectivity index is 1.98. The number of carbonyl (C=O) groups is 1. The van der Waals surface area contributed by atoms with Gasteiger partial charge in [0.1, 0.15) is 11.2 Å². The van der Waals surface area contributed by atoms with Crippen LogP contribution in [0.25, 0.3) is 0 Å². The summed E-state index contributed by atoms with van der Waals surface area (Å²) < 4.78 is 11.3. The third kappa shape index (κ3) is 3.02. The van der Waals surface area contributed by atoms with Gasteiger partial charge in [0, 0.05) is 19.5 Å². The Morgan fingerprint density at radius 1 is 1.63 bits per heavy atom. The maximum atomic E-state index is 12.1. The van der Waals surface area contributed by atoms with E-state index >= 15 is 0 Å². The summed E-state index contributed by atoms with van der Waals surface area (Å²) >= 11 is 0. The van der Waals surface area contributed by atoms with Crippen LogP contribution < -0.4 is 5.32 Å². The number of carbonyl (C=O) groups excluding carboxylic acids is 1. The molecule has 0 aliphatic carbocycles. The highest BCUT2D eigenvalue weighted by atomic mass is 16.6. The van der Waals surface area contributed by atoms with Gasteiger partial charge in [-0.3, -0.25) is 0 Å². The molecule has 5 nitrogen and oxygen atoms in total. The fraction of sp³-hybridized carbons (Fsp3) is 0.786. The van der Waals surface area contributed by atoms with E-state index in [2.05, 4.69) is 11.2 Å². The van der Waals surface area contributed by atoms with Gasteiger partial charge in [-0.1, -0.05) is 0 Å². The molecule has 19 heavy (non-hydrogen) atoms. The Bertz CT molecular complexity index is 396. The summed E-state index contributed by atoms with van der Waals surface area (Å²) in [5.74, 6) is 2.65. The first-order chi connectivity index (χ1) is 8.86. The van der Waals surface area contributed by atoms with E-state index in [1.807, 2.05) is 20.8 Å². The lowest BCUT2D eigenvalue weighted by atomic mass is 9.82. The molecule has 5 heteroatoms. The Hall–Kier alpha value is -1.25. The minimum atomic E-state index is -0.474. The zero-order valence-corrected chi connectivity index (χ0v) is 11.9. The molecular formula is C14H22N2O3. The Kier molecular flexibility index (Phi) is 3.75. The van der Waals surface area contributed by atoms with Crippen molar-refractivity contribution in [2.45, 2.75) is 44.4 Å². The standard InChI is InChI=1S/C14H22N2O3/c1-5-6-11-14(9-15-11)10-16(7-8-18-14)12(17)19-13(2,3)4/h1,11,15H,6-10H2,2-4H3. The van der Waals surface area contributed by atoms with Gasteiger partial charge in [0.25, 0.3) is 0 Å². The van der Waals surface area contributed by atoms with Crippen molar-refractivity contribution in [3.63, 3.8) is 0 Å². The number of nitrogens with one attached hydrogen (secondary N) is 1. The summed E-state index contributed by atoms with van der Waals surface area (Å²) in [6.45, 7) is 7.98. The third-order valence-electron chi connectivity index (χ3n) is 3.47. The predicted octanol–water partition coefficient (Wildman–Crippen LogP) is 0.988. The van der Waals surface area contributed by atoms with Crippen molar-refractivity contribution in [1.82, 2.24) is 10.2 Å². The molecule has 1 N–H and O–H groups in total. The van der Waals surface area contributed by atoms with E-state index in [1.165, 1.54) is 0 Å². The van der Waals surface area contributed by atoms with Gasteiger partial charge in [0.05, 0.1) is 19.2 Å². The lowest BCUT2D eigenvalue weighted by Gasteiger charge is -2.53. The van der Waals surface area contributed by atoms with Gasteiger partial charge in [0.2, 0.25) is 0 Å². The van der Waals surface area contributed by atoms with E-state index in [0.29, 0.717) is 26.1 Å². The molecule has 0 saturated carbocycles. The van der Waals surface area contributed by atoms with E-state index in [4.69, 9.17) is 15.9 Å². The number of ether oxygens (including phenoxy) is 2. The van der Waals surface area contributed by atoms with Crippen LogP contribution in [0.1, 0.15) is 27.2 Å². The lowest BCUT2D eigenvalue weighted by molar-refractivity contribution is -0.159. The smallest absolute Gasteiger partial charge is 0.410 e. The summed E-state index contributed by atoms with van der Waals surface area (Å²) in [4.78, 5) is 13.8. The number of hydrogen-bond acceptors (Lipinski definition) is 4. The van der Waals surface area contributed by atoms with Crippen molar-refractivity contribution in [2.75, 3.05) is 26.2 Å². The molecule has 2 heterocycles. The van der Waals surface area contributed by atoms with Crippen LogP contribution in [-0.2, 0) is 9.47 Å². The van der Waals surface area contributed by atoms with Crippen LogP contribution in [0.4, 0.5) is 4.79 Å². The highest BCUT2D eigenvalue weighted by molar-refractivity contribution is 5.68. The zero-order chi connectivity index (χ0) is 14.1. The van der Waals surface area contributed by atoms with Crippen molar-refractivity contribution >= 4 is 6.09 Å². The molecule has 0 aromatic heterocycles. The van der Waals surface area contributed by atoms with Gasteiger partial charge in [-0.05, 0) is 20.8 Å².